The van der Waals surface area contributed by atoms with Crippen molar-refractivity contribution < 1.29 is 8.42 Å². The van der Waals surface area contributed by atoms with Crippen LogP contribution < -0.4 is 10.5 Å². The van der Waals surface area contributed by atoms with E-state index in [-0.39, 0.29) is 4.21 Å². The van der Waals surface area contributed by atoms with Crippen LogP contribution in [0.3, 0.4) is 0 Å². The first kappa shape index (κ1) is 14.2. The van der Waals surface area contributed by atoms with Gasteiger partial charge in [0.05, 0.1) is 10.0 Å². The molecule has 2 aromatic rings. The van der Waals surface area contributed by atoms with E-state index in [1.54, 1.807) is 25.1 Å². The number of hydrogen-bond donors (Lipinski definition) is 2. The highest BCUT2D eigenvalue weighted by molar-refractivity contribution is 7.94. The molecule has 0 aliphatic carbocycles. The Balaban J connectivity index is 2.44. The number of anilines is 2. The van der Waals surface area contributed by atoms with Crippen molar-refractivity contribution >= 4 is 44.3 Å². The molecule has 0 saturated heterocycles. The van der Waals surface area contributed by atoms with E-state index in [4.69, 9.17) is 17.3 Å². The number of nitrogens with two attached hydrogens (primary N) is 1. The zero-order valence-electron chi connectivity index (χ0n) is 10.4. The molecule has 0 fully saturated rings. The highest BCUT2D eigenvalue weighted by atomic mass is 35.5. The Kier molecular flexibility index (Phi) is 3.75. The van der Waals surface area contributed by atoms with Gasteiger partial charge in [-0.1, -0.05) is 17.7 Å². The first-order valence-corrected chi connectivity index (χ1v) is 8.13. The average Bonchev–Trinajstić information content (AvgIpc) is 2.77. The fourth-order valence-electron chi connectivity index (χ4n) is 1.65. The lowest BCUT2D eigenvalue weighted by molar-refractivity contribution is 0.603. The van der Waals surface area contributed by atoms with Crippen LogP contribution in [0.1, 0.15) is 11.1 Å². The SMILES string of the molecule is Cc1ccc(N)c(C)c1NS(=O)(=O)c1ccc(Cl)s1. The Morgan fingerprint density at radius 3 is 2.47 bits per heavy atom. The Morgan fingerprint density at radius 2 is 1.89 bits per heavy atom. The lowest BCUT2D eigenvalue weighted by Crippen LogP contribution is -2.14. The molecule has 0 unspecified atom stereocenters. The largest absolute Gasteiger partial charge is 0.398 e. The number of hydrogen-bond acceptors (Lipinski definition) is 4. The van der Waals surface area contributed by atoms with Gasteiger partial charge in [-0.3, -0.25) is 4.72 Å². The van der Waals surface area contributed by atoms with Crippen molar-refractivity contribution in [3.63, 3.8) is 0 Å². The lowest BCUT2D eigenvalue weighted by atomic mass is 10.1. The first-order chi connectivity index (χ1) is 8.81. The second kappa shape index (κ2) is 5.03. The molecule has 0 aliphatic rings. The van der Waals surface area contributed by atoms with Crippen LogP contribution in [0.2, 0.25) is 4.34 Å². The van der Waals surface area contributed by atoms with Crippen LogP contribution in [0.5, 0.6) is 0 Å². The molecule has 1 aromatic carbocycles. The highest BCUT2D eigenvalue weighted by Crippen LogP contribution is 2.31. The summed E-state index contributed by atoms with van der Waals surface area (Å²) in [4.78, 5) is 0. The highest BCUT2D eigenvalue weighted by Gasteiger charge is 2.19. The molecule has 4 nitrogen and oxygen atoms in total. The zero-order chi connectivity index (χ0) is 14.2. The van der Waals surface area contributed by atoms with Gasteiger partial charge >= 0.3 is 0 Å². The van der Waals surface area contributed by atoms with Gasteiger partial charge in [0.15, 0.2) is 0 Å². The van der Waals surface area contributed by atoms with Crippen LogP contribution >= 0.6 is 22.9 Å². The number of thiophene rings is 1. The van der Waals surface area contributed by atoms with Crippen molar-refractivity contribution in [2.45, 2.75) is 18.1 Å². The first-order valence-electron chi connectivity index (χ1n) is 5.45. The normalized spacial score (nSPS) is 11.5. The number of halogens is 1. The van der Waals surface area contributed by atoms with E-state index in [1.165, 1.54) is 6.07 Å². The molecule has 0 aliphatic heterocycles. The van der Waals surface area contributed by atoms with Gasteiger partial charge in [0, 0.05) is 5.69 Å². The molecule has 0 saturated carbocycles. The van der Waals surface area contributed by atoms with E-state index in [1.807, 2.05) is 6.92 Å². The molecular formula is C12H13ClN2O2S2. The summed E-state index contributed by atoms with van der Waals surface area (Å²) in [6.07, 6.45) is 0. The number of sulfonamides is 1. The molecular weight excluding hydrogens is 304 g/mol. The minimum Gasteiger partial charge on any atom is -0.398 e. The average molecular weight is 317 g/mol. The molecule has 0 bridgehead atoms. The van der Waals surface area contributed by atoms with E-state index in [0.29, 0.717) is 21.3 Å². The maximum absolute atomic E-state index is 12.2. The minimum atomic E-state index is -3.63. The molecule has 0 radical (unpaired) electrons. The number of benzene rings is 1. The predicted molar refractivity (Wildman–Crippen MR) is 80.5 cm³/mol. The maximum Gasteiger partial charge on any atom is 0.271 e. The van der Waals surface area contributed by atoms with E-state index in [9.17, 15) is 8.42 Å². The van der Waals surface area contributed by atoms with Gasteiger partial charge in [-0.25, -0.2) is 8.42 Å². The van der Waals surface area contributed by atoms with E-state index >= 15 is 0 Å². The van der Waals surface area contributed by atoms with E-state index in [0.717, 1.165) is 16.9 Å². The molecule has 0 atom stereocenters. The summed E-state index contributed by atoms with van der Waals surface area (Å²) >= 11 is 6.78. The molecule has 1 heterocycles. The third-order valence-corrected chi connectivity index (χ3v) is 5.84. The van der Waals surface area contributed by atoms with Gasteiger partial charge in [-0.2, -0.15) is 0 Å². The number of nitrogens with one attached hydrogen (secondary N) is 1. The Hall–Kier alpha value is -1.24. The standard InChI is InChI=1S/C12H13ClN2O2S2/c1-7-3-4-9(14)8(2)12(7)15-19(16,17)11-6-5-10(13)18-11/h3-6,15H,14H2,1-2H3. The summed E-state index contributed by atoms with van der Waals surface area (Å²) < 4.78 is 27.6. The number of rotatable bonds is 3. The summed E-state index contributed by atoms with van der Waals surface area (Å²) in [7, 11) is -3.63. The fourth-order valence-corrected chi connectivity index (χ4v) is 4.32. The molecule has 3 N–H and O–H groups in total. The van der Waals surface area contributed by atoms with Gasteiger partial charge in [0.1, 0.15) is 4.21 Å². The van der Waals surface area contributed by atoms with Crippen LogP contribution in [0, 0.1) is 13.8 Å². The summed E-state index contributed by atoms with van der Waals surface area (Å²) in [5.74, 6) is 0. The summed E-state index contributed by atoms with van der Waals surface area (Å²) in [6.45, 7) is 3.60. The number of nitrogen functional groups attached to an aromatic ring is 1. The fraction of sp³-hybridized carbons (Fsp3) is 0.167. The van der Waals surface area contributed by atoms with Crippen LogP contribution in [0.4, 0.5) is 11.4 Å². The molecule has 102 valence electrons. The van der Waals surface area contributed by atoms with Gasteiger partial charge in [0.25, 0.3) is 10.0 Å². The quantitative estimate of drug-likeness (QED) is 0.852. The molecule has 19 heavy (non-hydrogen) atoms. The van der Waals surface area contributed by atoms with E-state index in [2.05, 4.69) is 4.72 Å². The smallest absolute Gasteiger partial charge is 0.271 e. The topological polar surface area (TPSA) is 72.2 Å². The van der Waals surface area contributed by atoms with Crippen molar-refractivity contribution in [2.75, 3.05) is 10.5 Å². The predicted octanol–water partition coefficient (Wildman–Crippen LogP) is 3.40. The van der Waals surface area contributed by atoms with Gasteiger partial charge in [0.2, 0.25) is 0 Å². The van der Waals surface area contributed by atoms with Crippen molar-refractivity contribution in [1.29, 1.82) is 0 Å². The van der Waals surface area contributed by atoms with Gasteiger partial charge in [-0.05, 0) is 43.2 Å². The maximum atomic E-state index is 12.2. The lowest BCUT2D eigenvalue weighted by Gasteiger charge is -2.13. The van der Waals surface area contributed by atoms with Crippen LogP contribution in [-0.4, -0.2) is 8.42 Å². The second-order valence-electron chi connectivity index (χ2n) is 4.14. The van der Waals surface area contributed by atoms with Crippen molar-refractivity contribution in [3.8, 4) is 0 Å². The van der Waals surface area contributed by atoms with Crippen LogP contribution in [-0.2, 0) is 10.0 Å². The third kappa shape index (κ3) is 2.86. The van der Waals surface area contributed by atoms with Crippen LogP contribution in [0.25, 0.3) is 0 Å². The summed E-state index contributed by atoms with van der Waals surface area (Å²) in [6, 6.07) is 6.57. The van der Waals surface area contributed by atoms with Crippen molar-refractivity contribution in [3.05, 3.63) is 39.7 Å². The molecule has 7 heteroatoms. The van der Waals surface area contributed by atoms with Gasteiger partial charge < -0.3 is 5.73 Å². The zero-order valence-corrected chi connectivity index (χ0v) is 12.8. The Labute approximate surface area is 121 Å². The second-order valence-corrected chi connectivity index (χ2v) is 7.76. The molecule has 0 spiro atoms. The van der Waals surface area contributed by atoms with Gasteiger partial charge in [-0.15, -0.1) is 11.3 Å². The third-order valence-electron chi connectivity index (χ3n) is 2.77. The summed E-state index contributed by atoms with van der Waals surface area (Å²) in [5.41, 5.74) is 8.40. The Bertz CT molecular complexity index is 723. The number of aryl methyl sites for hydroxylation is 1. The minimum absolute atomic E-state index is 0.179. The Morgan fingerprint density at radius 1 is 1.21 bits per heavy atom. The van der Waals surface area contributed by atoms with Crippen molar-refractivity contribution in [2.24, 2.45) is 0 Å². The molecule has 1 aromatic heterocycles. The summed E-state index contributed by atoms with van der Waals surface area (Å²) in [5, 5.41) is 0. The van der Waals surface area contributed by atoms with E-state index < -0.39 is 10.0 Å². The van der Waals surface area contributed by atoms with Crippen LogP contribution in [0.15, 0.2) is 28.5 Å². The monoisotopic (exact) mass is 316 g/mol. The molecule has 0 amide bonds. The van der Waals surface area contributed by atoms with Crippen molar-refractivity contribution in [1.82, 2.24) is 0 Å². The molecule has 2 rings (SSSR count).